The van der Waals surface area contributed by atoms with E-state index in [9.17, 15) is 24.3 Å². The van der Waals surface area contributed by atoms with Crippen molar-refractivity contribution >= 4 is 34.6 Å². The van der Waals surface area contributed by atoms with Crippen LogP contribution in [0.1, 0.15) is 61.4 Å². The van der Waals surface area contributed by atoms with E-state index in [2.05, 4.69) is 10.3 Å². The average Bonchev–Trinajstić information content (AvgIpc) is 3.30. The van der Waals surface area contributed by atoms with E-state index < -0.39 is 29.9 Å². The molecule has 0 unspecified atom stereocenters. The number of hydroxylamine groups is 1. The number of aliphatic carboxylic acids is 1. The maximum Gasteiger partial charge on any atom is 0.330 e. The normalized spacial score (nSPS) is 15.5. The first-order chi connectivity index (χ1) is 18.4. The van der Waals surface area contributed by atoms with Crippen LogP contribution in [0.4, 0.5) is 0 Å². The van der Waals surface area contributed by atoms with Crippen molar-refractivity contribution in [2.45, 2.75) is 63.6 Å². The van der Waals surface area contributed by atoms with E-state index in [0.29, 0.717) is 18.4 Å². The van der Waals surface area contributed by atoms with Gasteiger partial charge in [0.25, 0.3) is 0 Å². The van der Waals surface area contributed by atoms with E-state index in [1.54, 1.807) is 40.7 Å². The Morgan fingerprint density at radius 3 is 2.34 bits per heavy atom. The fraction of sp³-hybridized carbons (Fsp3) is 0.357. The summed E-state index contributed by atoms with van der Waals surface area (Å²) in [5.41, 5.74) is 4.80. The van der Waals surface area contributed by atoms with Gasteiger partial charge >= 0.3 is 5.97 Å². The van der Waals surface area contributed by atoms with Crippen LogP contribution in [-0.2, 0) is 32.1 Å². The third-order valence-corrected chi connectivity index (χ3v) is 6.96. The van der Waals surface area contributed by atoms with Crippen LogP contribution in [-0.4, -0.2) is 49.9 Å². The molecule has 5 N–H and O–H groups in total. The van der Waals surface area contributed by atoms with Crippen molar-refractivity contribution < 1.29 is 29.5 Å². The Labute approximate surface area is 220 Å². The van der Waals surface area contributed by atoms with Crippen molar-refractivity contribution in [2.75, 3.05) is 0 Å². The zero-order valence-corrected chi connectivity index (χ0v) is 21.0. The molecule has 2 aromatic carbocycles. The summed E-state index contributed by atoms with van der Waals surface area (Å²) in [5.74, 6) is -2.32. The first-order valence-electron chi connectivity index (χ1n) is 12.8. The summed E-state index contributed by atoms with van der Waals surface area (Å²) in [4.78, 5) is 54.9. The van der Waals surface area contributed by atoms with Crippen LogP contribution in [0.3, 0.4) is 0 Å². The van der Waals surface area contributed by atoms with E-state index in [-0.39, 0.29) is 31.7 Å². The Balaban J connectivity index is 1.50. The highest BCUT2D eigenvalue weighted by molar-refractivity contribution is 5.93. The summed E-state index contributed by atoms with van der Waals surface area (Å²) in [6.07, 6.45) is 3.34. The van der Waals surface area contributed by atoms with E-state index in [0.717, 1.165) is 35.0 Å². The van der Waals surface area contributed by atoms with Crippen LogP contribution < -0.4 is 10.8 Å². The Hall–Kier alpha value is -4.18. The molecule has 1 aromatic heterocycles. The molecule has 0 saturated carbocycles. The number of aromatic amines is 1. The minimum absolute atomic E-state index is 0.180. The Morgan fingerprint density at radius 1 is 0.947 bits per heavy atom. The van der Waals surface area contributed by atoms with E-state index in [4.69, 9.17) is 5.21 Å². The Morgan fingerprint density at radius 2 is 1.63 bits per heavy atom. The maximum absolute atomic E-state index is 13.5. The predicted octanol–water partition coefficient (Wildman–Crippen LogP) is 3.21. The molecule has 10 heteroatoms. The second kappa shape index (κ2) is 12.4. The summed E-state index contributed by atoms with van der Waals surface area (Å²) >= 11 is 0. The van der Waals surface area contributed by atoms with Crippen molar-refractivity contribution in [3.8, 4) is 0 Å². The monoisotopic (exact) mass is 520 g/mol. The van der Waals surface area contributed by atoms with Crippen LogP contribution in [0.5, 0.6) is 0 Å². The number of amides is 3. The zero-order chi connectivity index (χ0) is 27.1. The largest absolute Gasteiger partial charge is 0.479 e. The lowest BCUT2D eigenvalue weighted by Crippen LogP contribution is -2.53. The van der Waals surface area contributed by atoms with Gasteiger partial charge in [0, 0.05) is 48.0 Å². The minimum Gasteiger partial charge on any atom is -0.479 e. The van der Waals surface area contributed by atoms with Gasteiger partial charge in [-0.3, -0.25) is 19.6 Å². The second-order valence-electron chi connectivity index (χ2n) is 9.51. The van der Waals surface area contributed by atoms with Crippen molar-refractivity contribution in [3.63, 3.8) is 0 Å². The van der Waals surface area contributed by atoms with Crippen molar-refractivity contribution in [1.82, 2.24) is 20.7 Å². The molecule has 3 amide bonds. The SMILES string of the molecule is O=C(CCCCCCC(=O)N1Cc2c([nH]c3ccccc23)C[C@@H]1C(=O)N[C@H](C(=O)O)c1ccccc1)NO. The number of rotatable bonds is 11. The molecular weight excluding hydrogens is 488 g/mol. The topological polar surface area (TPSA) is 152 Å². The number of benzene rings is 2. The van der Waals surface area contributed by atoms with E-state index in [1.165, 1.54) is 0 Å². The molecule has 0 saturated heterocycles. The maximum atomic E-state index is 13.5. The molecular formula is C28H32N4O6. The summed E-state index contributed by atoms with van der Waals surface area (Å²) in [6.45, 7) is 0.246. The molecule has 10 nitrogen and oxygen atoms in total. The van der Waals surface area contributed by atoms with Gasteiger partial charge in [-0.1, -0.05) is 61.4 Å². The number of nitrogens with zero attached hydrogens (tertiary/aromatic N) is 1. The molecule has 0 bridgehead atoms. The fourth-order valence-electron chi connectivity index (χ4n) is 4.98. The van der Waals surface area contributed by atoms with Gasteiger partial charge in [-0.15, -0.1) is 0 Å². The molecule has 1 aliphatic rings. The van der Waals surface area contributed by atoms with Crippen LogP contribution in [0.25, 0.3) is 10.9 Å². The lowest BCUT2D eigenvalue weighted by atomic mass is 9.96. The second-order valence-corrected chi connectivity index (χ2v) is 9.51. The molecule has 4 rings (SSSR count). The van der Waals surface area contributed by atoms with Crippen LogP contribution in [0.15, 0.2) is 54.6 Å². The third-order valence-electron chi connectivity index (χ3n) is 6.96. The number of hydrogen-bond donors (Lipinski definition) is 5. The molecule has 2 heterocycles. The number of nitrogens with one attached hydrogen (secondary N) is 3. The number of carboxylic acid groups (broad SMARTS) is 1. The molecule has 38 heavy (non-hydrogen) atoms. The first-order valence-corrected chi connectivity index (χ1v) is 12.8. The molecule has 2 atom stereocenters. The third kappa shape index (κ3) is 6.20. The average molecular weight is 521 g/mol. The number of hydrogen-bond acceptors (Lipinski definition) is 5. The lowest BCUT2D eigenvalue weighted by molar-refractivity contribution is -0.145. The highest BCUT2D eigenvalue weighted by Gasteiger charge is 2.37. The van der Waals surface area contributed by atoms with Crippen LogP contribution >= 0.6 is 0 Å². The minimum atomic E-state index is -1.24. The molecule has 0 radical (unpaired) electrons. The van der Waals surface area contributed by atoms with Crippen molar-refractivity contribution in [3.05, 3.63) is 71.4 Å². The highest BCUT2D eigenvalue weighted by Crippen LogP contribution is 2.31. The summed E-state index contributed by atoms with van der Waals surface area (Å²) in [6, 6.07) is 14.1. The molecule has 3 aromatic rings. The van der Waals surface area contributed by atoms with Crippen LogP contribution in [0.2, 0.25) is 0 Å². The molecule has 0 spiro atoms. The van der Waals surface area contributed by atoms with Crippen molar-refractivity contribution in [1.29, 1.82) is 0 Å². The van der Waals surface area contributed by atoms with Gasteiger partial charge in [-0.05, 0) is 24.5 Å². The molecule has 1 aliphatic heterocycles. The Kier molecular flexibility index (Phi) is 8.75. The van der Waals surface area contributed by atoms with Gasteiger partial charge in [0.1, 0.15) is 6.04 Å². The number of fused-ring (bicyclic) bond motifs is 3. The number of carbonyl (C=O) groups is 4. The summed E-state index contributed by atoms with van der Waals surface area (Å²) in [5, 5.41) is 22.0. The summed E-state index contributed by atoms with van der Waals surface area (Å²) < 4.78 is 0. The van der Waals surface area contributed by atoms with Gasteiger partial charge in [0.05, 0.1) is 0 Å². The number of unbranched alkanes of at least 4 members (excludes halogenated alkanes) is 3. The first kappa shape index (κ1) is 26.9. The molecule has 0 aliphatic carbocycles. The number of H-pyrrole nitrogens is 1. The zero-order valence-electron chi connectivity index (χ0n) is 21.0. The highest BCUT2D eigenvalue weighted by atomic mass is 16.5. The predicted molar refractivity (Wildman–Crippen MR) is 139 cm³/mol. The number of aromatic nitrogens is 1. The summed E-state index contributed by atoms with van der Waals surface area (Å²) in [7, 11) is 0. The van der Waals surface area contributed by atoms with Gasteiger partial charge in [-0.2, -0.15) is 0 Å². The molecule has 200 valence electrons. The smallest absolute Gasteiger partial charge is 0.330 e. The van der Waals surface area contributed by atoms with Gasteiger partial charge in [0.15, 0.2) is 6.04 Å². The van der Waals surface area contributed by atoms with Gasteiger partial charge in [-0.25, -0.2) is 10.3 Å². The number of carboxylic acids is 1. The quantitative estimate of drug-likeness (QED) is 0.149. The van der Waals surface area contributed by atoms with E-state index in [1.807, 2.05) is 24.3 Å². The Bertz CT molecular complexity index is 1310. The standard InChI is InChI=1S/C28H32N4O6/c33-24(31-38)14-6-1-2-7-15-25(34)32-17-20-19-12-8-9-13-21(19)29-22(20)16-23(32)27(35)30-26(28(36)37)18-10-4-3-5-11-18/h3-5,8-13,23,26,29,38H,1-2,6-7,14-17H2,(H,30,35)(H,31,33)(H,36,37)/t23-,26+/m1/s1. The van der Waals surface area contributed by atoms with Crippen molar-refractivity contribution in [2.24, 2.45) is 0 Å². The van der Waals surface area contributed by atoms with Gasteiger partial charge < -0.3 is 20.3 Å². The number of para-hydroxylation sites is 1. The number of carbonyl (C=O) groups excluding carboxylic acids is 3. The lowest BCUT2D eigenvalue weighted by Gasteiger charge is -2.35. The van der Waals surface area contributed by atoms with Gasteiger partial charge in [0.2, 0.25) is 17.7 Å². The van der Waals surface area contributed by atoms with E-state index >= 15 is 0 Å². The van der Waals surface area contributed by atoms with Crippen LogP contribution in [0, 0.1) is 0 Å². The fourth-order valence-corrected chi connectivity index (χ4v) is 4.98. The molecule has 0 fully saturated rings.